The number of nitrogens with one attached hydrogen (secondary N) is 1. The Balaban J connectivity index is 1.72. The van der Waals surface area contributed by atoms with Gasteiger partial charge in [0.05, 0.1) is 7.11 Å². The SMILES string of the molecule is COC(=O)C(Cc1ccccc1)NC(=O)CCCC(=O)OCc1ccccc1. The fraction of sp³-hybridized carbons (Fsp3) is 0.318. The second-order valence-corrected chi connectivity index (χ2v) is 6.33. The van der Waals surface area contributed by atoms with E-state index in [1.807, 2.05) is 60.7 Å². The third kappa shape index (κ3) is 7.61. The van der Waals surface area contributed by atoms with Gasteiger partial charge >= 0.3 is 11.9 Å². The lowest BCUT2D eigenvalue weighted by atomic mass is 10.1. The monoisotopic (exact) mass is 383 g/mol. The molecule has 2 aromatic carbocycles. The molecule has 6 heteroatoms. The quantitative estimate of drug-likeness (QED) is 0.638. The van der Waals surface area contributed by atoms with Crippen LogP contribution in [0.25, 0.3) is 0 Å². The van der Waals surface area contributed by atoms with E-state index >= 15 is 0 Å². The summed E-state index contributed by atoms with van der Waals surface area (Å²) in [4.78, 5) is 35.9. The van der Waals surface area contributed by atoms with Crippen LogP contribution in [0.1, 0.15) is 30.4 Å². The standard InChI is InChI=1S/C22H25NO5/c1-27-22(26)19(15-17-9-4-2-5-10-17)23-20(24)13-8-14-21(25)28-16-18-11-6-3-7-12-18/h2-7,9-12,19H,8,13-16H2,1H3,(H,23,24). The van der Waals surface area contributed by atoms with Crippen LogP contribution in [0.4, 0.5) is 0 Å². The van der Waals surface area contributed by atoms with Crippen LogP contribution in [0, 0.1) is 0 Å². The van der Waals surface area contributed by atoms with E-state index in [-0.39, 0.29) is 31.3 Å². The van der Waals surface area contributed by atoms with Gasteiger partial charge in [0.1, 0.15) is 12.6 Å². The van der Waals surface area contributed by atoms with Crippen LogP contribution in [0.15, 0.2) is 60.7 Å². The van der Waals surface area contributed by atoms with Crippen LogP contribution in [0.2, 0.25) is 0 Å². The van der Waals surface area contributed by atoms with Crippen LogP contribution in [-0.2, 0) is 36.9 Å². The van der Waals surface area contributed by atoms with E-state index < -0.39 is 12.0 Å². The maximum Gasteiger partial charge on any atom is 0.328 e. The van der Waals surface area contributed by atoms with Crippen molar-refractivity contribution in [3.05, 3.63) is 71.8 Å². The summed E-state index contributed by atoms with van der Waals surface area (Å²) in [6.45, 7) is 0.216. The number of carbonyl (C=O) groups excluding carboxylic acids is 3. The molecule has 1 amide bonds. The molecule has 6 nitrogen and oxygen atoms in total. The Bertz CT molecular complexity index is 761. The van der Waals surface area contributed by atoms with Crippen LogP contribution in [0.5, 0.6) is 0 Å². The fourth-order valence-electron chi connectivity index (χ4n) is 2.66. The number of hydrogen-bond acceptors (Lipinski definition) is 5. The molecule has 0 aliphatic carbocycles. The molecular weight excluding hydrogens is 358 g/mol. The lowest BCUT2D eigenvalue weighted by molar-refractivity contribution is -0.146. The van der Waals surface area contributed by atoms with Gasteiger partial charge in [0.15, 0.2) is 0 Å². The summed E-state index contributed by atoms with van der Waals surface area (Å²) in [5.41, 5.74) is 1.83. The highest BCUT2D eigenvalue weighted by Crippen LogP contribution is 2.07. The van der Waals surface area contributed by atoms with Gasteiger partial charge in [-0.3, -0.25) is 9.59 Å². The summed E-state index contributed by atoms with van der Waals surface area (Å²) in [5, 5.41) is 2.68. The number of rotatable bonds is 10. The minimum Gasteiger partial charge on any atom is -0.467 e. The summed E-state index contributed by atoms with van der Waals surface area (Å²) < 4.78 is 9.96. The van der Waals surface area contributed by atoms with Gasteiger partial charge in [-0.05, 0) is 17.5 Å². The molecule has 0 aliphatic heterocycles. The highest BCUT2D eigenvalue weighted by atomic mass is 16.5. The average molecular weight is 383 g/mol. The number of ether oxygens (including phenoxy) is 2. The number of carbonyl (C=O) groups is 3. The van der Waals surface area contributed by atoms with Crippen LogP contribution in [-0.4, -0.2) is 31.0 Å². The molecule has 0 heterocycles. The number of methoxy groups -OCH3 is 1. The second kappa shape index (κ2) is 11.5. The molecule has 148 valence electrons. The Morgan fingerprint density at radius 1 is 0.893 bits per heavy atom. The molecular formula is C22H25NO5. The van der Waals surface area contributed by atoms with Gasteiger partial charge in [-0.15, -0.1) is 0 Å². The Morgan fingerprint density at radius 2 is 1.50 bits per heavy atom. The molecule has 0 radical (unpaired) electrons. The number of hydrogen-bond donors (Lipinski definition) is 1. The molecule has 0 spiro atoms. The van der Waals surface area contributed by atoms with E-state index in [1.165, 1.54) is 7.11 Å². The predicted octanol–water partition coefficient (Wildman–Crippen LogP) is 2.80. The normalized spacial score (nSPS) is 11.3. The van der Waals surface area contributed by atoms with Gasteiger partial charge < -0.3 is 14.8 Å². The third-order valence-corrected chi connectivity index (χ3v) is 4.13. The smallest absolute Gasteiger partial charge is 0.328 e. The fourth-order valence-corrected chi connectivity index (χ4v) is 2.66. The molecule has 0 fully saturated rings. The minimum absolute atomic E-state index is 0.128. The molecule has 0 bridgehead atoms. The molecule has 1 atom stereocenters. The largest absolute Gasteiger partial charge is 0.467 e. The van der Waals surface area contributed by atoms with Crippen molar-refractivity contribution >= 4 is 17.8 Å². The molecule has 0 aliphatic rings. The average Bonchev–Trinajstić information content (AvgIpc) is 2.72. The molecule has 1 N–H and O–H groups in total. The highest BCUT2D eigenvalue weighted by Gasteiger charge is 2.21. The predicted molar refractivity (Wildman–Crippen MR) is 104 cm³/mol. The zero-order chi connectivity index (χ0) is 20.2. The van der Waals surface area contributed by atoms with Crippen LogP contribution in [0.3, 0.4) is 0 Å². The highest BCUT2D eigenvalue weighted by molar-refractivity contribution is 5.84. The summed E-state index contributed by atoms with van der Waals surface area (Å²) in [7, 11) is 1.29. The van der Waals surface area contributed by atoms with Gasteiger partial charge in [0, 0.05) is 19.3 Å². The van der Waals surface area contributed by atoms with Crippen molar-refractivity contribution in [2.45, 2.75) is 38.3 Å². The van der Waals surface area contributed by atoms with Crippen molar-refractivity contribution in [3.8, 4) is 0 Å². The van der Waals surface area contributed by atoms with Crippen molar-refractivity contribution in [2.24, 2.45) is 0 Å². The number of esters is 2. The maximum atomic E-state index is 12.2. The van der Waals surface area contributed by atoms with Gasteiger partial charge in [0.25, 0.3) is 0 Å². The molecule has 0 aromatic heterocycles. The van der Waals surface area contributed by atoms with E-state index in [9.17, 15) is 14.4 Å². The molecule has 1 unspecified atom stereocenters. The first-order chi connectivity index (χ1) is 13.6. The van der Waals surface area contributed by atoms with E-state index in [1.54, 1.807) is 0 Å². The van der Waals surface area contributed by atoms with Crippen molar-refractivity contribution in [2.75, 3.05) is 7.11 Å². The lowest BCUT2D eigenvalue weighted by Gasteiger charge is -2.16. The van der Waals surface area contributed by atoms with E-state index in [2.05, 4.69) is 5.32 Å². The molecule has 2 aromatic rings. The van der Waals surface area contributed by atoms with Crippen molar-refractivity contribution in [1.82, 2.24) is 5.32 Å². The zero-order valence-electron chi connectivity index (χ0n) is 15.9. The molecule has 28 heavy (non-hydrogen) atoms. The topological polar surface area (TPSA) is 81.7 Å². The zero-order valence-corrected chi connectivity index (χ0v) is 15.9. The number of benzene rings is 2. The molecule has 2 rings (SSSR count). The lowest BCUT2D eigenvalue weighted by Crippen LogP contribution is -2.43. The summed E-state index contributed by atoms with van der Waals surface area (Å²) in [6, 6.07) is 18.0. The van der Waals surface area contributed by atoms with Gasteiger partial charge in [-0.25, -0.2) is 4.79 Å². The summed E-state index contributed by atoms with van der Waals surface area (Å²) in [5.74, 6) is -1.16. The van der Waals surface area contributed by atoms with Gasteiger partial charge in [-0.2, -0.15) is 0 Å². The first-order valence-electron chi connectivity index (χ1n) is 9.19. The minimum atomic E-state index is -0.759. The number of amides is 1. The van der Waals surface area contributed by atoms with Crippen molar-refractivity contribution < 1.29 is 23.9 Å². The molecule has 0 saturated carbocycles. The maximum absolute atomic E-state index is 12.2. The van der Waals surface area contributed by atoms with E-state index in [0.29, 0.717) is 12.8 Å². The van der Waals surface area contributed by atoms with Gasteiger partial charge in [-0.1, -0.05) is 60.7 Å². The Hall–Kier alpha value is -3.15. The second-order valence-electron chi connectivity index (χ2n) is 6.33. The Kier molecular flexibility index (Phi) is 8.72. The third-order valence-electron chi connectivity index (χ3n) is 4.13. The van der Waals surface area contributed by atoms with Crippen LogP contribution >= 0.6 is 0 Å². The first kappa shape index (κ1) is 21.2. The van der Waals surface area contributed by atoms with E-state index in [4.69, 9.17) is 9.47 Å². The van der Waals surface area contributed by atoms with Crippen LogP contribution < -0.4 is 5.32 Å². The summed E-state index contributed by atoms with van der Waals surface area (Å²) >= 11 is 0. The Morgan fingerprint density at radius 3 is 2.11 bits per heavy atom. The molecule has 0 saturated heterocycles. The van der Waals surface area contributed by atoms with Crippen molar-refractivity contribution in [1.29, 1.82) is 0 Å². The first-order valence-corrected chi connectivity index (χ1v) is 9.19. The van der Waals surface area contributed by atoms with Crippen molar-refractivity contribution in [3.63, 3.8) is 0 Å². The van der Waals surface area contributed by atoms with Gasteiger partial charge in [0.2, 0.25) is 5.91 Å². The Labute approximate surface area is 164 Å². The summed E-state index contributed by atoms with van der Waals surface area (Å²) in [6.07, 6.45) is 0.960. The van der Waals surface area contributed by atoms with E-state index in [0.717, 1.165) is 11.1 Å².